The van der Waals surface area contributed by atoms with E-state index in [2.05, 4.69) is 9.97 Å². The van der Waals surface area contributed by atoms with Crippen molar-refractivity contribution >= 4 is 22.8 Å². The zero-order valence-electron chi connectivity index (χ0n) is 14.6. The minimum absolute atomic E-state index is 0.394. The Balaban J connectivity index is 1.95. The molecule has 0 saturated heterocycles. The molecule has 7 nitrogen and oxygen atoms in total. The molecule has 2 aromatic heterocycles. The molecule has 0 unspecified atom stereocenters. The molecule has 1 amide bonds. The van der Waals surface area contributed by atoms with E-state index in [1.807, 2.05) is 47.2 Å². The lowest BCUT2D eigenvalue weighted by Gasteiger charge is -2.05. The van der Waals surface area contributed by atoms with E-state index in [-0.39, 0.29) is 0 Å². The monoisotopic (exact) mass is 359 g/mol. The molecule has 0 atom stereocenters. The number of carbonyl (C=O) groups is 1. The first-order chi connectivity index (χ1) is 13.1. The predicted molar refractivity (Wildman–Crippen MR) is 104 cm³/mol. The van der Waals surface area contributed by atoms with E-state index in [0.29, 0.717) is 17.0 Å². The Morgan fingerprint density at radius 3 is 2.59 bits per heavy atom. The van der Waals surface area contributed by atoms with E-state index < -0.39 is 5.91 Å². The van der Waals surface area contributed by atoms with Gasteiger partial charge in [0.1, 0.15) is 17.9 Å². The van der Waals surface area contributed by atoms with Gasteiger partial charge in [-0.2, -0.15) is 0 Å². The van der Waals surface area contributed by atoms with Crippen LogP contribution in [0, 0.1) is 0 Å². The highest BCUT2D eigenvalue weighted by molar-refractivity contribution is 6.01. The molecule has 0 radical (unpaired) electrons. The third-order valence-corrected chi connectivity index (χ3v) is 4.42. The third-order valence-electron chi connectivity index (χ3n) is 4.42. The fourth-order valence-electron chi connectivity index (χ4n) is 3.08. The Morgan fingerprint density at radius 2 is 1.89 bits per heavy atom. The number of hydrogen-bond donors (Lipinski definition) is 2. The van der Waals surface area contributed by atoms with E-state index in [9.17, 15) is 4.79 Å². The zero-order chi connectivity index (χ0) is 19.0. The lowest BCUT2D eigenvalue weighted by molar-refractivity contribution is 0.100. The van der Waals surface area contributed by atoms with Crippen molar-refractivity contribution in [3.63, 3.8) is 0 Å². The van der Waals surface area contributed by atoms with E-state index in [4.69, 9.17) is 16.2 Å². The molecule has 0 aliphatic heterocycles. The second-order valence-corrected chi connectivity index (χ2v) is 6.01. The number of fused-ring (bicyclic) bond motifs is 1. The standard InChI is InChI=1S/C20H17N5O2/c1-27-15-4-2-3-13(9-15)16-10-25(20-17(16)18(21)23-11-24-20)14-7-5-12(6-8-14)19(22)26/h2-11H,1H3,(H2,22,26)(H2,21,23,24). The second-order valence-electron chi connectivity index (χ2n) is 6.01. The fraction of sp³-hybridized carbons (Fsp3) is 0.0500. The Morgan fingerprint density at radius 1 is 1.11 bits per heavy atom. The SMILES string of the molecule is COc1cccc(-c2cn(-c3ccc(C(N)=O)cc3)c3ncnc(N)c23)c1. The largest absolute Gasteiger partial charge is 0.497 e. The number of nitrogens with two attached hydrogens (primary N) is 2. The molecule has 0 saturated carbocycles. The summed E-state index contributed by atoms with van der Waals surface area (Å²) in [5, 5.41) is 0.754. The Labute approximate surface area is 155 Å². The average molecular weight is 359 g/mol. The van der Waals surface area contributed by atoms with Gasteiger partial charge in [-0.05, 0) is 42.0 Å². The lowest BCUT2D eigenvalue weighted by Crippen LogP contribution is -2.10. The van der Waals surface area contributed by atoms with Gasteiger partial charge in [0.2, 0.25) is 5.91 Å². The average Bonchev–Trinajstić information content (AvgIpc) is 3.09. The van der Waals surface area contributed by atoms with Gasteiger partial charge in [0.25, 0.3) is 0 Å². The zero-order valence-corrected chi connectivity index (χ0v) is 14.6. The molecule has 0 bridgehead atoms. The highest BCUT2D eigenvalue weighted by atomic mass is 16.5. The molecular formula is C20H17N5O2. The van der Waals surface area contributed by atoms with Crippen LogP contribution in [-0.2, 0) is 0 Å². The maximum absolute atomic E-state index is 11.3. The first-order valence-electron chi connectivity index (χ1n) is 8.24. The highest BCUT2D eigenvalue weighted by Crippen LogP contribution is 2.35. The number of amides is 1. The van der Waals surface area contributed by atoms with E-state index >= 15 is 0 Å². The van der Waals surface area contributed by atoms with Crippen LogP contribution in [0.25, 0.3) is 27.8 Å². The summed E-state index contributed by atoms with van der Waals surface area (Å²) < 4.78 is 7.24. The van der Waals surface area contributed by atoms with Gasteiger partial charge in [-0.25, -0.2) is 9.97 Å². The number of benzene rings is 2. The minimum atomic E-state index is -0.470. The van der Waals surface area contributed by atoms with Crippen molar-refractivity contribution in [1.82, 2.24) is 14.5 Å². The summed E-state index contributed by atoms with van der Waals surface area (Å²) in [7, 11) is 1.63. The lowest BCUT2D eigenvalue weighted by atomic mass is 10.1. The van der Waals surface area contributed by atoms with Gasteiger partial charge in [-0.1, -0.05) is 12.1 Å². The maximum Gasteiger partial charge on any atom is 0.248 e. The molecule has 0 aliphatic carbocycles. The summed E-state index contributed by atoms with van der Waals surface area (Å²) in [4.78, 5) is 19.9. The van der Waals surface area contributed by atoms with Gasteiger partial charge in [0, 0.05) is 23.0 Å². The number of carbonyl (C=O) groups excluding carboxylic acids is 1. The summed E-state index contributed by atoms with van der Waals surface area (Å²) in [6, 6.07) is 14.7. The van der Waals surface area contributed by atoms with E-state index in [1.165, 1.54) is 6.33 Å². The minimum Gasteiger partial charge on any atom is -0.497 e. The molecule has 4 aromatic rings. The van der Waals surface area contributed by atoms with E-state index in [1.54, 1.807) is 19.2 Å². The molecule has 0 fully saturated rings. The number of anilines is 1. The van der Waals surface area contributed by atoms with Crippen LogP contribution in [0.1, 0.15) is 10.4 Å². The third kappa shape index (κ3) is 2.85. The number of ether oxygens (including phenoxy) is 1. The van der Waals surface area contributed by atoms with Crippen LogP contribution in [-0.4, -0.2) is 27.6 Å². The van der Waals surface area contributed by atoms with Crippen LogP contribution in [0.15, 0.2) is 61.1 Å². The number of aromatic nitrogens is 3. The normalized spacial score (nSPS) is 10.9. The summed E-state index contributed by atoms with van der Waals surface area (Å²) in [5.41, 5.74) is 15.3. The molecule has 7 heteroatoms. The Bertz CT molecular complexity index is 1150. The fourth-order valence-corrected chi connectivity index (χ4v) is 3.08. The van der Waals surface area contributed by atoms with Gasteiger partial charge in [0.05, 0.1) is 12.5 Å². The van der Waals surface area contributed by atoms with Crippen LogP contribution < -0.4 is 16.2 Å². The molecule has 2 aromatic carbocycles. The molecule has 0 spiro atoms. The Kier molecular flexibility index (Phi) is 3.97. The number of hydrogen-bond acceptors (Lipinski definition) is 5. The molecule has 4 N–H and O–H groups in total. The second kappa shape index (κ2) is 6.45. The molecular weight excluding hydrogens is 342 g/mol. The van der Waals surface area contributed by atoms with Crippen LogP contribution in [0.4, 0.5) is 5.82 Å². The van der Waals surface area contributed by atoms with Gasteiger partial charge in [0.15, 0.2) is 5.65 Å². The molecule has 134 valence electrons. The van der Waals surface area contributed by atoms with E-state index in [0.717, 1.165) is 28.0 Å². The number of primary amides is 1. The molecule has 4 rings (SSSR count). The summed E-state index contributed by atoms with van der Waals surface area (Å²) >= 11 is 0. The van der Waals surface area contributed by atoms with Crippen molar-refractivity contribution in [1.29, 1.82) is 0 Å². The maximum atomic E-state index is 11.3. The van der Waals surface area contributed by atoms with Crippen molar-refractivity contribution < 1.29 is 9.53 Å². The molecule has 0 aliphatic rings. The summed E-state index contributed by atoms with van der Waals surface area (Å²) in [6.45, 7) is 0. The number of nitrogens with zero attached hydrogens (tertiary/aromatic N) is 3. The highest BCUT2D eigenvalue weighted by Gasteiger charge is 2.16. The summed E-state index contributed by atoms with van der Waals surface area (Å²) in [5.74, 6) is 0.669. The van der Waals surface area contributed by atoms with Gasteiger partial charge in [-0.15, -0.1) is 0 Å². The summed E-state index contributed by atoms with van der Waals surface area (Å²) in [6.07, 6.45) is 3.38. The van der Waals surface area contributed by atoms with Gasteiger partial charge < -0.3 is 20.8 Å². The Hall–Kier alpha value is -3.87. The van der Waals surface area contributed by atoms with Crippen LogP contribution in [0.3, 0.4) is 0 Å². The van der Waals surface area contributed by atoms with Crippen molar-refractivity contribution in [3.8, 4) is 22.6 Å². The number of nitrogen functional groups attached to an aromatic ring is 1. The predicted octanol–water partition coefficient (Wildman–Crippen LogP) is 2.78. The van der Waals surface area contributed by atoms with Crippen molar-refractivity contribution in [2.75, 3.05) is 12.8 Å². The van der Waals surface area contributed by atoms with Crippen LogP contribution >= 0.6 is 0 Å². The van der Waals surface area contributed by atoms with Crippen molar-refractivity contribution in [2.24, 2.45) is 5.73 Å². The number of methoxy groups -OCH3 is 1. The topological polar surface area (TPSA) is 109 Å². The quantitative estimate of drug-likeness (QED) is 0.582. The van der Waals surface area contributed by atoms with Crippen LogP contribution in [0.2, 0.25) is 0 Å². The van der Waals surface area contributed by atoms with Gasteiger partial charge in [-0.3, -0.25) is 4.79 Å². The van der Waals surface area contributed by atoms with Gasteiger partial charge >= 0.3 is 0 Å². The molecule has 2 heterocycles. The van der Waals surface area contributed by atoms with Crippen molar-refractivity contribution in [2.45, 2.75) is 0 Å². The van der Waals surface area contributed by atoms with Crippen molar-refractivity contribution in [3.05, 3.63) is 66.6 Å². The first kappa shape index (κ1) is 16.6. The number of rotatable bonds is 4. The smallest absolute Gasteiger partial charge is 0.248 e. The van der Waals surface area contributed by atoms with Crippen LogP contribution in [0.5, 0.6) is 5.75 Å². The first-order valence-corrected chi connectivity index (χ1v) is 8.24. The molecule has 27 heavy (non-hydrogen) atoms.